The van der Waals surface area contributed by atoms with Gasteiger partial charge in [0.05, 0.1) is 12.4 Å². The van der Waals surface area contributed by atoms with Crippen LogP contribution >= 0.6 is 11.8 Å². The minimum atomic E-state index is -1.09. The summed E-state index contributed by atoms with van der Waals surface area (Å²) >= 11 is 1.61. The van der Waals surface area contributed by atoms with E-state index in [0.717, 1.165) is 5.75 Å². The lowest BCUT2D eigenvalue weighted by atomic mass is 10.6. The SMILES string of the molecule is O=CC(=O)OCC(=O)OC1CSCCO1. The Kier molecular flexibility index (Phi) is 5.13. The molecule has 84 valence electrons. The average molecular weight is 234 g/mol. The molecule has 0 bridgehead atoms. The van der Waals surface area contributed by atoms with E-state index in [-0.39, 0.29) is 6.29 Å². The molecule has 1 aliphatic heterocycles. The molecule has 0 aliphatic carbocycles. The van der Waals surface area contributed by atoms with Crippen LogP contribution < -0.4 is 0 Å². The van der Waals surface area contributed by atoms with E-state index in [1.807, 2.05) is 0 Å². The molecule has 15 heavy (non-hydrogen) atoms. The molecule has 0 aromatic rings. The van der Waals surface area contributed by atoms with Crippen LogP contribution in [0.1, 0.15) is 0 Å². The summed E-state index contributed by atoms with van der Waals surface area (Å²) < 4.78 is 14.2. The number of thioether (sulfide) groups is 1. The van der Waals surface area contributed by atoms with Crippen LogP contribution in [0.2, 0.25) is 0 Å². The Balaban J connectivity index is 2.17. The third-order valence-corrected chi connectivity index (χ3v) is 2.44. The van der Waals surface area contributed by atoms with Gasteiger partial charge in [-0.3, -0.25) is 4.79 Å². The molecule has 0 radical (unpaired) electrons. The first kappa shape index (κ1) is 12.0. The van der Waals surface area contributed by atoms with Crippen LogP contribution in [-0.4, -0.2) is 49.2 Å². The zero-order valence-corrected chi connectivity index (χ0v) is 8.66. The van der Waals surface area contributed by atoms with Crippen molar-refractivity contribution in [1.82, 2.24) is 0 Å². The van der Waals surface area contributed by atoms with Crippen molar-refractivity contribution in [1.29, 1.82) is 0 Å². The monoisotopic (exact) mass is 234 g/mol. The third kappa shape index (κ3) is 4.80. The lowest BCUT2D eigenvalue weighted by Crippen LogP contribution is -2.30. The van der Waals surface area contributed by atoms with Crippen LogP contribution in [-0.2, 0) is 28.6 Å². The average Bonchev–Trinajstić information content (AvgIpc) is 2.27. The molecule has 1 atom stereocenters. The van der Waals surface area contributed by atoms with Gasteiger partial charge in [-0.2, -0.15) is 11.8 Å². The van der Waals surface area contributed by atoms with Gasteiger partial charge < -0.3 is 14.2 Å². The minimum absolute atomic E-state index is 0.0137. The van der Waals surface area contributed by atoms with Crippen molar-refractivity contribution in [3.8, 4) is 0 Å². The van der Waals surface area contributed by atoms with Crippen molar-refractivity contribution in [3.63, 3.8) is 0 Å². The van der Waals surface area contributed by atoms with Crippen LogP contribution in [0.3, 0.4) is 0 Å². The minimum Gasteiger partial charge on any atom is -0.448 e. The molecule has 1 saturated heterocycles. The Hall–Kier alpha value is -1.08. The molecule has 6 nitrogen and oxygen atoms in total. The van der Waals surface area contributed by atoms with Crippen LogP contribution in [0, 0.1) is 0 Å². The van der Waals surface area contributed by atoms with E-state index in [1.54, 1.807) is 11.8 Å². The van der Waals surface area contributed by atoms with E-state index in [4.69, 9.17) is 9.47 Å². The van der Waals surface area contributed by atoms with Gasteiger partial charge in [0.25, 0.3) is 0 Å². The fourth-order valence-electron chi connectivity index (χ4n) is 0.879. The third-order valence-electron chi connectivity index (χ3n) is 1.48. The highest BCUT2D eigenvalue weighted by Gasteiger charge is 2.19. The second kappa shape index (κ2) is 6.41. The highest BCUT2D eigenvalue weighted by Crippen LogP contribution is 2.13. The lowest BCUT2D eigenvalue weighted by molar-refractivity contribution is -0.180. The fraction of sp³-hybridized carbons (Fsp3) is 0.625. The first-order valence-corrected chi connectivity index (χ1v) is 5.38. The number of hydrogen-bond donors (Lipinski definition) is 0. The van der Waals surface area contributed by atoms with E-state index in [9.17, 15) is 14.4 Å². The zero-order chi connectivity index (χ0) is 11.1. The van der Waals surface area contributed by atoms with Crippen LogP contribution in [0.5, 0.6) is 0 Å². The number of carbonyl (C=O) groups is 3. The van der Waals surface area contributed by atoms with E-state index in [2.05, 4.69) is 4.74 Å². The van der Waals surface area contributed by atoms with Crippen molar-refractivity contribution in [3.05, 3.63) is 0 Å². The van der Waals surface area contributed by atoms with E-state index < -0.39 is 24.8 Å². The van der Waals surface area contributed by atoms with Gasteiger partial charge in [0.15, 0.2) is 6.61 Å². The molecule has 0 amide bonds. The molecule has 1 aliphatic rings. The predicted molar refractivity (Wildman–Crippen MR) is 50.2 cm³/mol. The second-order valence-corrected chi connectivity index (χ2v) is 3.74. The van der Waals surface area contributed by atoms with Gasteiger partial charge in [0, 0.05) is 5.75 Å². The molecule has 1 unspecified atom stereocenters. The summed E-state index contributed by atoms with van der Waals surface area (Å²) in [6.07, 6.45) is -0.605. The summed E-state index contributed by atoms with van der Waals surface area (Å²) in [5.41, 5.74) is 0. The number of rotatable bonds is 4. The Morgan fingerprint density at radius 1 is 1.53 bits per heavy atom. The van der Waals surface area contributed by atoms with Crippen LogP contribution in [0.4, 0.5) is 0 Å². The van der Waals surface area contributed by atoms with Crippen molar-refractivity contribution in [2.75, 3.05) is 24.7 Å². The van der Waals surface area contributed by atoms with Crippen molar-refractivity contribution < 1.29 is 28.6 Å². The topological polar surface area (TPSA) is 78.9 Å². The smallest absolute Gasteiger partial charge is 0.371 e. The van der Waals surface area contributed by atoms with Gasteiger partial charge in [0.1, 0.15) is 0 Å². The van der Waals surface area contributed by atoms with Crippen molar-refractivity contribution in [2.45, 2.75) is 6.29 Å². The summed E-state index contributed by atoms with van der Waals surface area (Å²) in [6.45, 7) is -0.0428. The van der Waals surface area contributed by atoms with Crippen LogP contribution in [0.25, 0.3) is 0 Å². The van der Waals surface area contributed by atoms with Gasteiger partial charge in [-0.1, -0.05) is 0 Å². The van der Waals surface area contributed by atoms with E-state index in [1.165, 1.54) is 0 Å². The van der Waals surface area contributed by atoms with Gasteiger partial charge >= 0.3 is 11.9 Å². The molecule has 1 rings (SSSR count). The highest BCUT2D eigenvalue weighted by atomic mass is 32.2. The highest BCUT2D eigenvalue weighted by molar-refractivity contribution is 7.99. The quantitative estimate of drug-likeness (QED) is 0.363. The molecular weight excluding hydrogens is 224 g/mol. The Morgan fingerprint density at radius 2 is 2.33 bits per heavy atom. The predicted octanol–water partition coefficient (Wildman–Crippen LogP) is -0.639. The number of esters is 2. The molecule has 0 saturated carbocycles. The molecule has 1 fully saturated rings. The maximum atomic E-state index is 11.0. The molecular formula is C8H10O6S. The maximum absolute atomic E-state index is 11.0. The van der Waals surface area contributed by atoms with E-state index in [0.29, 0.717) is 12.4 Å². The first-order chi connectivity index (χ1) is 7.22. The summed E-state index contributed by atoms with van der Waals surface area (Å²) in [5, 5.41) is 0. The molecule has 1 heterocycles. The van der Waals surface area contributed by atoms with Gasteiger partial charge in [-0.25, -0.2) is 9.59 Å². The normalized spacial score (nSPS) is 20.4. The number of ether oxygens (including phenoxy) is 3. The summed E-state index contributed by atoms with van der Waals surface area (Å²) in [7, 11) is 0. The standard InChI is InChI=1S/C8H10O6S/c9-3-6(10)13-4-7(11)14-8-5-15-2-1-12-8/h3,8H,1-2,4-5H2. The van der Waals surface area contributed by atoms with E-state index >= 15 is 0 Å². The van der Waals surface area contributed by atoms with Gasteiger partial charge in [-0.05, 0) is 0 Å². The second-order valence-electron chi connectivity index (χ2n) is 2.59. The molecule has 7 heteroatoms. The van der Waals surface area contributed by atoms with Crippen molar-refractivity contribution in [2.24, 2.45) is 0 Å². The van der Waals surface area contributed by atoms with Gasteiger partial charge in [-0.15, -0.1) is 0 Å². The largest absolute Gasteiger partial charge is 0.448 e. The first-order valence-electron chi connectivity index (χ1n) is 4.23. The molecule has 0 aromatic carbocycles. The number of aldehydes is 1. The fourth-order valence-corrected chi connectivity index (χ4v) is 1.62. The van der Waals surface area contributed by atoms with Crippen molar-refractivity contribution >= 4 is 30.0 Å². The number of carbonyl (C=O) groups excluding carboxylic acids is 3. The van der Waals surface area contributed by atoms with Gasteiger partial charge in [0.2, 0.25) is 12.6 Å². The summed E-state index contributed by atoms with van der Waals surface area (Å²) in [4.78, 5) is 31.3. The molecule has 0 aromatic heterocycles. The summed E-state index contributed by atoms with van der Waals surface area (Å²) in [5.74, 6) is -0.384. The maximum Gasteiger partial charge on any atom is 0.371 e. The summed E-state index contributed by atoms with van der Waals surface area (Å²) in [6, 6.07) is 0. The molecule has 0 N–H and O–H groups in total. The Bertz CT molecular complexity index is 248. The zero-order valence-electron chi connectivity index (χ0n) is 7.84. The molecule has 0 spiro atoms. The number of hydrogen-bond acceptors (Lipinski definition) is 7. The lowest BCUT2D eigenvalue weighted by Gasteiger charge is -2.21. The Morgan fingerprint density at radius 3 is 2.93 bits per heavy atom. The van der Waals surface area contributed by atoms with Crippen LogP contribution in [0.15, 0.2) is 0 Å². The Labute approximate surface area is 90.2 Å².